The molecule has 1 fully saturated rings. The van der Waals surface area contributed by atoms with Crippen molar-refractivity contribution in [2.75, 3.05) is 0 Å². The van der Waals surface area contributed by atoms with E-state index in [4.69, 9.17) is 0 Å². The van der Waals surface area contributed by atoms with E-state index >= 15 is 0 Å². The molecule has 0 aromatic carbocycles. The summed E-state index contributed by atoms with van der Waals surface area (Å²) in [6.07, 6.45) is -0.998. The Morgan fingerprint density at radius 2 is 1.93 bits per heavy atom. The van der Waals surface area contributed by atoms with Crippen molar-refractivity contribution in [3.05, 3.63) is 0 Å². The molecular formula is C8H7NO6. The monoisotopic (exact) mass is 213 g/mol. The lowest BCUT2D eigenvalue weighted by molar-refractivity contribution is -0.209. The van der Waals surface area contributed by atoms with Crippen molar-refractivity contribution in [2.24, 2.45) is 0 Å². The van der Waals surface area contributed by atoms with Crippen molar-refractivity contribution < 1.29 is 29.1 Å². The van der Waals surface area contributed by atoms with Crippen LogP contribution < -0.4 is 0 Å². The van der Waals surface area contributed by atoms with E-state index in [0.717, 1.165) is 0 Å². The summed E-state index contributed by atoms with van der Waals surface area (Å²) in [5.74, 6) is -2.93. The molecule has 2 radical (unpaired) electrons. The molecule has 1 unspecified atom stereocenters. The van der Waals surface area contributed by atoms with E-state index in [1.165, 1.54) is 6.29 Å². The summed E-state index contributed by atoms with van der Waals surface area (Å²) in [6.45, 7) is 0. The van der Waals surface area contributed by atoms with Crippen molar-refractivity contribution in [1.82, 2.24) is 5.06 Å². The molecule has 7 nitrogen and oxygen atoms in total. The van der Waals surface area contributed by atoms with Gasteiger partial charge in [0.25, 0.3) is 11.8 Å². The van der Waals surface area contributed by atoms with Gasteiger partial charge in [-0.2, -0.15) is 5.06 Å². The molecule has 0 saturated carbocycles. The first-order valence-electron chi connectivity index (χ1n) is 4.14. The summed E-state index contributed by atoms with van der Waals surface area (Å²) in [4.78, 5) is 47.0. The largest absolute Gasteiger partial charge is 0.387 e. The predicted molar refractivity (Wildman–Crippen MR) is 42.0 cm³/mol. The topological polar surface area (TPSA) is 101 Å². The minimum absolute atomic E-state index is 0.0244. The number of hydrogen-bond donors (Lipinski definition) is 0. The SMILES string of the molecule is [O]C(=O)C(C[C]=O)ON1C(=O)CCC1=O. The van der Waals surface area contributed by atoms with Gasteiger partial charge < -0.3 is 0 Å². The van der Waals surface area contributed by atoms with Crippen LogP contribution >= 0.6 is 0 Å². The minimum atomic E-state index is -1.68. The van der Waals surface area contributed by atoms with Crippen molar-refractivity contribution in [3.8, 4) is 0 Å². The maximum absolute atomic E-state index is 11.0. The van der Waals surface area contributed by atoms with Gasteiger partial charge in [-0.3, -0.25) is 14.4 Å². The molecule has 0 N–H and O–H groups in total. The van der Waals surface area contributed by atoms with E-state index in [1.54, 1.807) is 0 Å². The molecule has 2 amide bonds. The van der Waals surface area contributed by atoms with Crippen LogP contribution in [-0.2, 0) is 29.1 Å². The summed E-state index contributed by atoms with van der Waals surface area (Å²) < 4.78 is 0. The van der Waals surface area contributed by atoms with Crippen molar-refractivity contribution >= 4 is 24.1 Å². The molecule has 15 heavy (non-hydrogen) atoms. The van der Waals surface area contributed by atoms with E-state index in [-0.39, 0.29) is 12.8 Å². The Kier molecular flexibility index (Phi) is 3.51. The highest BCUT2D eigenvalue weighted by Gasteiger charge is 2.35. The van der Waals surface area contributed by atoms with Crippen molar-refractivity contribution in [3.63, 3.8) is 0 Å². The molecule has 0 spiro atoms. The maximum Gasteiger partial charge on any atom is 0.387 e. The number of carbonyl (C=O) groups excluding carboxylic acids is 4. The van der Waals surface area contributed by atoms with Crippen LogP contribution in [0.3, 0.4) is 0 Å². The quantitative estimate of drug-likeness (QED) is 0.539. The summed E-state index contributed by atoms with van der Waals surface area (Å²) in [5.41, 5.74) is 0. The van der Waals surface area contributed by atoms with Gasteiger partial charge in [0.2, 0.25) is 6.29 Å². The number of hydrogen-bond acceptors (Lipinski definition) is 5. The van der Waals surface area contributed by atoms with Gasteiger partial charge in [0.05, 0.1) is 6.42 Å². The summed E-state index contributed by atoms with van der Waals surface area (Å²) in [7, 11) is 0. The van der Waals surface area contributed by atoms with Crippen LogP contribution in [0.2, 0.25) is 0 Å². The minimum Gasteiger partial charge on any atom is -0.291 e. The van der Waals surface area contributed by atoms with Crippen LogP contribution in [0, 0.1) is 0 Å². The smallest absolute Gasteiger partial charge is 0.291 e. The Morgan fingerprint density at radius 1 is 1.40 bits per heavy atom. The first-order chi connectivity index (χ1) is 7.06. The lowest BCUT2D eigenvalue weighted by Crippen LogP contribution is -2.37. The normalized spacial score (nSPS) is 18.0. The molecule has 0 aromatic heterocycles. The molecule has 0 bridgehead atoms. The van der Waals surface area contributed by atoms with Gasteiger partial charge in [0.1, 0.15) is 0 Å². The molecule has 1 saturated heterocycles. The molecule has 80 valence electrons. The predicted octanol–water partition coefficient (Wildman–Crippen LogP) is -1.11. The lowest BCUT2D eigenvalue weighted by atomic mass is 10.3. The molecule has 0 aromatic rings. The van der Waals surface area contributed by atoms with Crippen LogP contribution in [-0.4, -0.2) is 35.2 Å². The summed E-state index contributed by atoms with van der Waals surface area (Å²) in [6, 6.07) is 0. The van der Waals surface area contributed by atoms with Crippen LogP contribution in [0.1, 0.15) is 19.3 Å². The van der Waals surface area contributed by atoms with E-state index in [2.05, 4.69) is 4.84 Å². The molecule has 0 aliphatic carbocycles. The Bertz CT molecular complexity index is 296. The molecule has 1 aliphatic rings. The second-order valence-electron chi connectivity index (χ2n) is 2.84. The van der Waals surface area contributed by atoms with Gasteiger partial charge in [-0.1, -0.05) is 0 Å². The third-order valence-electron chi connectivity index (χ3n) is 1.77. The second kappa shape index (κ2) is 4.65. The van der Waals surface area contributed by atoms with Crippen molar-refractivity contribution in [2.45, 2.75) is 25.4 Å². The molecule has 1 atom stereocenters. The molecule has 1 aliphatic heterocycles. The Hall–Kier alpha value is -1.76. The van der Waals surface area contributed by atoms with Crippen LogP contribution in [0.15, 0.2) is 0 Å². The third-order valence-corrected chi connectivity index (χ3v) is 1.77. The number of rotatable bonds is 5. The fraction of sp³-hybridized carbons (Fsp3) is 0.500. The van der Waals surface area contributed by atoms with Gasteiger partial charge in [0.15, 0.2) is 6.10 Å². The Balaban J connectivity index is 2.64. The zero-order valence-electron chi connectivity index (χ0n) is 7.60. The number of amides is 2. The highest BCUT2D eigenvalue weighted by Crippen LogP contribution is 2.14. The first-order valence-corrected chi connectivity index (χ1v) is 4.14. The number of carbonyl (C=O) groups is 3. The maximum atomic E-state index is 11.0. The van der Waals surface area contributed by atoms with E-state index in [9.17, 15) is 24.3 Å². The summed E-state index contributed by atoms with van der Waals surface area (Å²) >= 11 is 0. The van der Waals surface area contributed by atoms with Crippen LogP contribution in [0.25, 0.3) is 0 Å². The Labute approximate surface area is 84.6 Å². The van der Waals surface area contributed by atoms with Crippen molar-refractivity contribution in [1.29, 1.82) is 0 Å². The van der Waals surface area contributed by atoms with Gasteiger partial charge in [-0.15, -0.1) is 0 Å². The Morgan fingerprint density at radius 3 is 2.33 bits per heavy atom. The fourth-order valence-corrected chi connectivity index (χ4v) is 1.04. The van der Waals surface area contributed by atoms with Crippen LogP contribution in [0.4, 0.5) is 0 Å². The third kappa shape index (κ3) is 2.59. The molecule has 7 heteroatoms. The van der Waals surface area contributed by atoms with E-state index < -0.39 is 30.3 Å². The highest BCUT2D eigenvalue weighted by molar-refractivity contribution is 6.00. The van der Waals surface area contributed by atoms with Gasteiger partial charge in [-0.05, 0) is 0 Å². The molecule has 1 heterocycles. The van der Waals surface area contributed by atoms with E-state index in [1.807, 2.05) is 0 Å². The zero-order chi connectivity index (χ0) is 11.4. The number of nitrogens with zero attached hydrogens (tertiary/aromatic N) is 1. The number of imide groups is 1. The lowest BCUT2D eigenvalue weighted by Gasteiger charge is -2.16. The highest BCUT2D eigenvalue weighted by atomic mass is 16.7. The van der Waals surface area contributed by atoms with Gasteiger partial charge in [0, 0.05) is 12.8 Å². The summed E-state index contributed by atoms with van der Waals surface area (Å²) in [5, 5.41) is 10.8. The van der Waals surface area contributed by atoms with Gasteiger partial charge >= 0.3 is 5.97 Å². The first kappa shape index (κ1) is 11.3. The molecular weight excluding hydrogens is 206 g/mol. The number of hydroxylamine groups is 2. The average Bonchev–Trinajstić information content (AvgIpc) is 2.48. The second-order valence-corrected chi connectivity index (χ2v) is 2.84. The van der Waals surface area contributed by atoms with Gasteiger partial charge in [-0.25, -0.2) is 14.7 Å². The zero-order valence-corrected chi connectivity index (χ0v) is 7.60. The van der Waals surface area contributed by atoms with Crippen LogP contribution in [0.5, 0.6) is 0 Å². The molecule has 1 rings (SSSR count). The standard InChI is InChI=1S/C8H7NO6/c10-4-3-5(8(13)14)15-9-6(11)1-2-7(9)12/h5H,1-3H2. The fourth-order valence-electron chi connectivity index (χ4n) is 1.04. The average molecular weight is 213 g/mol. The van der Waals surface area contributed by atoms with E-state index in [0.29, 0.717) is 5.06 Å².